The van der Waals surface area contributed by atoms with Crippen molar-refractivity contribution in [3.63, 3.8) is 0 Å². The van der Waals surface area contributed by atoms with Crippen molar-refractivity contribution in [1.29, 1.82) is 0 Å². The van der Waals surface area contributed by atoms with Gasteiger partial charge < -0.3 is 14.7 Å². The van der Waals surface area contributed by atoms with E-state index in [-0.39, 0.29) is 0 Å². The summed E-state index contributed by atoms with van der Waals surface area (Å²) >= 11 is 0. The molecule has 0 unspecified atom stereocenters. The Bertz CT molecular complexity index is 774. The fourth-order valence-electron chi connectivity index (χ4n) is 3.98. The molecule has 0 bridgehead atoms. The van der Waals surface area contributed by atoms with E-state index in [2.05, 4.69) is 41.9 Å². The van der Waals surface area contributed by atoms with Gasteiger partial charge in [0.15, 0.2) is 0 Å². The van der Waals surface area contributed by atoms with Crippen LogP contribution < -0.4 is 14.7 Å². The number of aromatic nitrogens is 4. The van der Waals surface area contributed by atoms with Gasteiger partial charge in [-0.3, -0.25) is 0 Å². The lowest BCUT2D eigenvalue weighted by molar-refractivity contribution is 0.457. The maximum atomic E-state index is 4.64. The first-order chi connectivity index (χ1) is 13.0. The van der Waals surface area contributed by atoms with E-state index in [1.54, 1.807) is 6.33 Å². The van der Waals surface area contributed by atoms with Gasteiger partial charge >= 0.3 is 0 Å². The molecule has 0 radical (unpaired) electrons. The van der Waals surface area contributed by atoms with Gasteiger partial charge in [0.05, 0.1) is 0 Å². The highest BCUT2D eigenvalue weighted by Crippen LogP contribution is 2.36. The number of anilines is 3. The van der Waals surface area contributed by atoms with Crippen molar-refractivity contribution in [2.45, 2.75) is 51.6 Å². The molecular formula is C20H29N7. The summed E-state index contributed by atoms with van der Waals surface area (Å²) in [4.78, 5) is 25.0. The molecule has 1 aliphatic heterocycles. The van der Waals surface area contributed by atoms with E-state index in [0.29, 0.717) is 12.1 Å². The van der Waals surface area contributed by atoms with Crippen molar-refractivity contribution in [3.05, 3.63) is 30.0 Å². The second-order valence-electron chi connectivity index (χ2n) is 7.90. The minimum atomic E-state index is 0.530. The number of piperidine rings is 1. The summed E-state index contributed by atoms with van der Waals surface area (Å²) in [7, 11) is 4.05. The van der Waals surface area contributed by atoms with Crippen LogP contribution in [0.5, 0.6) is 0 Å². The molecule has 3 heterocycles. The summed E-state index contributed by atoms with van der Waals surface area (Å²) in [6, 6.07) is 5.39. The third kappa shape index (κ3) is 3.96. The standard InChI is InChI=1S/C20H29N7/c1-14-11-20(24-15(2)23-14)26-9-7-17(8-10-26)27(16-5-6-16)19-12-18(25(3)4)21-13-22-19/h11-13,16-17H,5-10H2,1-4H3. The third-order valence-electron chi connectivity index (χ3n) is 5.44. The second kappa shape index (κ2) is 7.29. The van der Waals surface area contributed by atoms with Gasteiger partial charge in [-0.15, -0.1) is 0 Å². The molecule has 2 fully saturated rings. The quantitative estimate of drug-likeness (QED) is 0.805. The van der Waals surface area contributed by atoms with E-state index in [1.165, 1.54) is 12.8 Å². The monoisotopic (exact) mass is 367 g/mol. The molecule has 2 aromatic rings. The summed E-state index contributed by atoms with van der Waals surface area (Å²) in [6.07, 6.45) is 6.49. The first-order valence-corrected chi connectivity index (χ1v) is 9.86. The van der Waals surface area contributed by atoms with E-state index in [1.807, 2.05) is 32.8 Å². The van der Waals surface area contributed by atoms with Crippen LogP contribution in [-0.2, 0) is 0 Å². The average Bonchev–Trinajstić information content (AvgIpc) is 3.47. The fraction of sp³-hybridized carbons (Fsp3) is 0.600. The Kier molecular flexibility index (Phi) is 4.85. The summed E-state index contributed by atoms with van der Waals surface area (Å²) in [5, 5.41) is 0. The molecule has 2 aromatic heterocycles. The molecule has 1 aliphatic carbocycles. The topological polar surface area (TPSA) is 61.3 Å². The Labute approximate surface area is 161 Å². The Morgan fingerprint density at radius 1 is 0.889 bits per heavy atom. The van der Waals surface area contributed by atoms with Gasteiger partial charge in [0.2, 0.25) is 0 Å². The molecule has 7 heteroatoms. The summed E-state index contributed by atoms with van der Waals surface area (Å²) in [5.74, 6) is 3.95. The first-order valence-electron chi connectivity index (χ1n) is 9.86. The normalized spacial score (nSPS) is 17.9. The highest BCUT2D eigenvalue weighted by molar-refractivity contribution is 5.52. The van der Waals surface area contributed by atoms with Gasteiger partial charge in [-0.25, -0.2) is 19.9 Å². The van der Waals surface area contributed by atoms with Crippen LogP contribution in [0, 0.1) is 13.8 Å². The minimum absolute atomic E-state index is 0.530. The highest BCUT2D eigenvalue weighted by atomic mass is 15.3. The van der Waals surface area contributed by atoms with Gasteiger partial charge in [-0.05, 0) is 39.5 Å². The lowest BCUT2D eigenvalue weighted by Crippen LogP contribution is -2.46. The predicted octanol–water partition coefficient (Wildman–Crippen LogP) is 2.59. The number of hydrogen-bond acceptors (Lipinski definition) is 7. The summed E-state index contributed by atoms with van der Waals surface area (Å²) in [6.45, 7) is 6.05. The minimum Gasteiger partial charge on any atom is -0.363 e. The Balaban J connectivity index is 1.49. The van der Waals surface area contributed by atoms with Gasteiger partial charge in [-0.2, -0.15) is 0 Å². The fourth-order valence-corrected chi connectivity index (χ4v) is 3.98. The van der Waals surface area contributed by atoms with E-state index < -0.39 is 0 Å². The van der Waals surface area contributed by atoms with Crippen molar-refractivity contribution >= 4 is 17.5 Å². The van der Waals surface area contributed by atoms with Gasteiger partial charge in [0, 0.05) is 57.1 Å². The number of aryl methyl sites for hydroxylation is 2. The molecule has 2 aliphatic rings. The first kappa shape index (κ1) is 17.9. The van der Waals surface area contributed by atoms with Crippen LogP contribution in [0.15, 0.2) is 18.5 Å². The zero-order valence-electron chi connectivity index (χ0n) is 16.8. The van der Waals surface area contributed by atoms with Crippen LogP contribution >= 0.6 is 0 Å². The van der Waals surface area contributed by atoms with Crippen molar-refractivity contribution in [1.82, 2.24) is 19.9 Å². The maximum Gasteiger partial charge on any atom is 0.134 e. The van der Waals surface area contributed by atoms with Crippen LogP contribution in [0.4, 0.5) is 17.5 Å². The largest absolute Gasteiger partial charge is 0.363 e. The Morgan fingerprint density at radius 3 is 2.19 bits per heavy atom. The average molecular weight is 368 g/mol. The van der Waals surface area contributed by atoms with E-state index >= 15 is 0 Å². The molecule has 0 amide bonds. The molecule has 0 aromatic carbocycles. The molecular weight excluding hydrogens is 338 g/mol. The molecule has 27 heavy (non-hydrogen) atoms. The van der Waals surface area contributed by atoms with E-state index in [0.717, 1.165) is 54.9 Å². The maximum absolute atomic E-state index is 4.64. The summed E-state index contributed by atoms with van der Waals surface area (Å²) in [5.41, 5.74) is 1.04. The Hall–Kier alpha value is -2.44. The van der Waals surface area contributed by atoms with Gasteiger partial charge in [0.25, 0.3) is 0 Å². The second-order valence-corrected chi connectivity index (χ2v) is 7.90. The van der Waals surface area contributed by atoms with Crippen molar-refractivity contribution in [3.8, 4) is 0 Å². The van der Waals surface area contributed by atoms with Crippen LogP contribution in [0.2, 0.25) is 0 Å². The van der Waals surface area contributed by atoms with E-state index in [9.17, 15) is 0 Å². The zero-order chi connectivity index (χ0) is 19.0. The van der Waals surface area contributed by atoms with Crippen molar-refractivity contribution in [2.75, 3.05) is 41.9 Å². The van der Waals surface area contributed by atoms with Crippen molar-refractivity contribution < 1.29 is 0 Å². The summed E-state index contributed by atoms with van der Waals surface area (Å²) < 4.78 is 0. The number of hydrogen-bond donors (Lipinski definition) is 0. The van der Waals surface area contributed by atoms with Crippen LogP contribution in [0.25, 0.3) is 0 Å². The van der Waals surface area contributed by atoms with Gasteiger partial charge in [-0.1, -0.05) is 0 Å². The molecule has 1 saturated carbocycles. The molecule has 0 spiro atoms. The van der Waals surface area contributed by atoms with E-state index in [4.69, 9.17) is 0 Å². The molecule has 0 N–H and O–H groups in total. The van der Waals surface area contributed by atoms with Crippen molar-refractivity contribution in [2.24, 2.45) is 0 Å². The number of rotatable bonds is 5. The van der Waals surface area contributed by atoms with Crippen LogP contribution in [0.3, 0.4) is 0 Å². The predicted molar refractivity (Wildman–Crippen MR) is 109 cm³/mol. The van der Waals surface area contributed by atoms with Crippen LogP contribution in [-0.4, -0.2) is 59.2 Å². The molecule has 1 saturated heterocycles. The highest BCUT2D eigenvalue weighted by Gasteiger charge is 2.36. The SMILES string of the molecule is Cc1cc(N2CCC(N(c3cc(N(C)C)ncn3)C3CC3)CC2)nc(C)n1. The molecule has 7 nitrogen and oxygen atoms in total. The molecule has 4 rings (SSSR count). The third-order valence-corrected chi connectivity index (χ3v) is 5.44. The number of nitrogens with zero attached hydrogens (tertiary/aromatic N) is 7. The van der Waals surface area contributed by atoms with Crippen LogP contribution in [0.1, 0.15) is 37.2 Å². The van der Waals surface area contributed by atoms with Gasteiger partial charge in [0.1, 0.15) is 29.6 Å². The zero-order valence-corrected chi connectivity index (χ0v) is 16.8. The lowest BCUT2D eigenvalue weighted by Gasteiger charge is -2.40. The smallest absolute Gasteiger partial charge is 0.134 e. The Morgan fingerprint density at radius 2 is 1.56 bits per heavy atom. The lowest BCUT2D eigenvalue weighted by atomic mass is 10.0. The molecule has 0 atom stereocenters. The molecule has 144 valence electrons.